The molecule has 1 fully saturated rings. The molecule has 4 nitrogen and oxygen atoms in total. The van der Waals surface area contributed by atoms with Gasteiger partial charge in [-0.2, -0.15) is 0 Å². The number of benzene rings is 1. The summed E-state index contributed by atoms with van der Waals surface area (Å²) in [4.78, 5) is 14.1. The fourth-order valence-corrected chi connectivity index (χ4v) is 3.40. The highest BCUT2D eigenvalue weighted by atomic mass is 35.5. The first-order valence-corrected chi connectivity index (χ1v) is 9.64. The topological polar surface area (TPSA) is 38.8 Å². The van der Waals surface area contributed by atoms with Gasteiger partial charge in [0, 0.05) is 31.2 Å². The molecule has 0 N–H and O–H groups in total. The Labute approximate surface area is 160 Å². The van der Waals surface area contributed by atoms with E-state index in [-0.39, 0.29) is 17.0 Å². The number of likely N-dealkylation sites (tertiary alicyclic amines) is 1. The minimum Gasteiger partial charge on any atom is -0.444 e. The van der Waals surface area contributed by atoms with Crippen molar-refractivity contribution in [2.24, 2.45) is 5.92 Å². The van der Waals surface area contributed by atoms with E-state index in [1.54, 1.807) is 17.0 Å². The molecule has 0 saturated carbocycles. The number of hydrogen-bond donors (Lipinski definition) is 0. The van der Waals surface area contributed by atoms with Gasteiger partial charge in [0.15, 0.2) is 0 Å². The third kappa shape index (κ3) is 5.58. The second-order valence-corrected chi connectivity index (χ2v) is 8.17. The molecule has 2 atom stereocenters. The average molecular weight is 386 g/mol. The van der Waals surface area contributed by atoms with Crippen molar-refractivity contribution >= 4 is 17.7 Å². The Morgan fingerprint density at radius 3 is 2.81 bits per heavy atom. The molecule has 146 valence electrons. The van der Waals surface area contributed by atoms with Crippen LogP contribution in [0.2, 0.25) is 5.02 Å². The molecule has 1 amide bonds. The molecule has 0 aliphatic carbocycles. The third-order valence-electron chi connectivity index (χ3n) is 4.33. The maximum atomic E-state index is 14.6. The Morgan fingerprint density at radius 1 is 1.42 bits per heavy atom. The van der Waals surface area contributed by atoms with E-state index in [4.69, 9.17) is 21.1 Å². The normalized spacial score (nSPS) is 19.3. The molecule has 0 bridgehead atoms. The molecule has 1 saturated heterocycles. The molecule has 1 aromatic carbocycles. The van der Waals surface area contributed by atoms with Gasteiger partial charge in [0.05, 0.1) is 11.1 Å². The number of nitrogens with zero attached hydrogens (tertiary/aromatic N) is 1. The quantitative estimate of drug-likeness (QED) is 0.662. The number of ether oxygens (including phenoxy) is 2. The van der Waals surface area contributed by atoms with Crippen molar-refractivity contribution in [1.29, 1.82) is 0 Å². The third-order valence-corrected chi connectivity index (χ3v) is 4.62. The first-order chi connectivity index (χ1) is 12.2. The minimum atomic E-state index is -0.540. The van der Waals surface area contributed by atoms with Crippen molar-refractivity contribution in [1.82, 2.24) is 4.90 Å². The maximum absolute atomic E-state index is 14.6. The van der Waals surface area contributed by atoms with E-state index in [2.05, 4.69) is 0 Å². The van der Waals surface area contributed by atoms with Crippen molar-refractivity contribution in [3.63, 3.8) is 0 Å². The number of hydrogen-bond acceptors (Lipinski definition) is 3. The smallest absolute Gasteiger partial charge is 0.410 e. The fourth-order valence-electron chi connectivity index (χ4n) is 3.21. The van der Waals surface area contributed by atoms with Crippen LogP contribution in [0.3, 0.4) is 0 Å². The zero-order valence-corrected chi connectivity index (χ0v) is 16.8. The van der Waals surface area contributed by atoms with Gasteiger partial charge in [-0.25, -0.2) is 9.18 Å². The number of carbonyl (C=O) groups is 1. The van der Waals surface area contributed by atoms with E-state index in [9.17, 15) is 9.18 Å². The van der Waals surface area contributed by atoms with Gasteiger partial charge >= 0.3 is 6.09 Å². The number of carbonyl (C=O) groups excluding carboxylic acids is 1. The van der Waals surface area contributed by atoms with Crippen molar-refractivity contribution in [2.45, 2.75) is 58.7 Å². The summed E-state index contributed by atoms with van der Waals surface area (Å²) in [7, 11) is 0. The van der Waals surface area contributed by atoms with Crippen molar-refractivity contribution in [2.75, 3.05) is 19.7 Å². The summed E-state index contributed by atoms with van der Waals surface area (Å²) in [5, 5.41) is 0.0902. The first-order valence-electron chi connectivity index (χ1n) is 9.26. The number of rotatable bonds is 5. The van der Waals surface area contributed by atoms with Crippen LogP contribution in [0.4, 0.5) is 9.18 Å². The van der Waals surface area contributed by atoms with Gasteiger partial charge in [-0.15, -0.1) is 0 Å². The lowest BCUT2D eigenvalue weighted by molar-refractivity contribution is -0.0267. The Kier molecular flexibility index (Phi) is 7.30. The lowest BCUT2D eigenvalue weighted by atomic mass is 9.88. The summed E-state index contributed by atoms with van der Waals surface area (Å²) >= 11 is 5.97. The molecule has 26 heavy (non-hydrogen) atoms. The Hall–Kier alpha value is -1.33. The van der Waals surface area contributed by atoms with Gasteiger partial charge in [-0.1, -0.05) is 30.7 Å². The number of halogens is 2. The molecular weight excluding hydrogens is 357 g/mol. The largest absolute Gasteiger partial charge is 0.444 e. The summed E-state index contributed by atoms with van der Waals surface area (Å²) in [5.41, 5.74) is -0.0803. The monoisotopic (exact) mass is 385 g/mol. The minimum absolute atomic E-state index is 0.00390. The Balaban J connectivity index is 2.19. The van der Waals surface area contributed by atoms with Crippen LogP contribution < -0.4 is 0 Å². The SMILES string of the molecule is CCCOC(c1cccc(Cl)c1F)[C@@H]1CCCN(C(=O)OC(C)(C)C)C1. The molecule has 1 heterocycles. The van der Waals surface area contributed by atoms with Gasteiger partial charge in [0.1, 0.15) is 11.4 Å². The molecule has 1 aliphatic rings. The van der Waals surface area contributed by atoms with Gasteiger partial charge in [0.2, 0.25) is 0 Å². The van der Waals surface area contributed by atoms with Crippen molar-refractivity contribution < 1.29 is 18.7 Å². The van der Waals surface area contributed by atoms with Crippen LogP contribution in [0.5, 0.6) is 0 Å². The summed E-state index contributed by atoms with van der Waals surface area (Å²) in [6.45, 7) is 9.21. The highest BCUT2D eigenvalue weighted by molar-refractivity contribution is 6.30. The second kappa shape index (κ2) is 9.05. The number of amides is 1. The van der Waals surface area contributed by atoms with Crippen LogP contribution in [0.1, 0.15) is 58.6 Å². The van der Waals surface area contributed by atoms with Gasteiger partial charge < -0.3 is 14.4 Å². The molecule has 2 rings (SSSR count). The van der Waals surface area contributed by atoms with E-state index >= 15 is 0 Å². The standard InChI is InChI=1S/C20H29ClFNO3/c1-5-12-25-18(15-9-6-10-16(21)17(15)22)14-8-7-11-23(13-14)19(24)26-20(2,3)4/h6,9-10,14,18H,5,7-8,11-13H2,1-4H3/t14-,18?/m1/s1. The van der Waals surface area contributed by atoms with Crippen molar-refractivity contribution in [3.05, 3.63) is 34.6 Å². The van der Waals surface area contributed by atoms with Crippen LogP contribution in [-0.4, -0.2) is 36.3 Å². The van der Waals surface area contributed by atoms with E-state index in [1.807, 2.05) is 27.7 Å². The molecular formula is C20H29ClFNO3. The van der Waals surface area contributed by atoms with E-state index in [1.165, 1.54) is 6.07 Å². The van der Waals surface area contributed by atoms with Gasteiger partial charge in [0.25, 0.3) is 0 Å². The second-order valence-electron chi connectivity index (χ2n) is 7.76. The van der Waals surface area contributed by atoms with Gasteiger partial charge in [-0.05, 0) is 46.1 Å². The van der Waals surface area contributed by atoms with E-state index < -0.39 is 17.5 Å². The number of piperidine rings is 1. The van der Waals surface area contributed by atoms with Crippen LogP contribution >= 0.6 is 11.6 Å². The van der Waals surface area contributed by atoms with Gasteiger partial charge in [-0.3, -0.25) is 0 Å². The molecule has 1 unspecified atom stereocenters. The van der Waals surface area contributed by atoms with E-state index in [0.717, 1.165) is 19.3 Å². The summed E-state index contributed by atoms with van der Waals surface area (Å²) < 4.78 is 26.1. The Morgan fingerprint density at radius 2 is 2.15 bits per heavy atom. The predicted molar refractivity (Wildman–Crippen MR) is 101 cm³/mol. The first kappa shape index (κ1) is 21.0. The molecule has 0 spiro atoms. The van der Waals surface area contributed by atoms with E-state index in [0.29, 0.717) is 25.3 Å². The zero-order valence-electron chi connectivity index (χ0n) is 16.1. The summed E-state index contributed by atoms with van der Waals surface area (Å²) in [6.07, 6.45) is 1.76. The lowest BCUT2D eigenvalue weighted by Gasteiger charge is -2.37. The Bertz CT molecular complexity index is 618. The summed E-state index contributed by atoms with van der Waals surface area (Å²) in [6, 6.07) is 4.98. The molecule has 1 aliphatic heterocycles. The zero-order chi connectivity index (χ0) is 19.3. The molecule has 0 aromatic heterocycles. The highest BCUT2D eigenvalue weighted by Crippen LogP contribution is 2.36. The molecule has 6 heteroatoms. The molecule has 0 radical (unpaired) electrons. The van der Waals surface area contributed by atoms with Crippen molar-refractivity contribution in [3.8, 4) is 0 Å². The lowest BCUT2D eigenvalue weighted by Crippen LogP contribution is -2.44. The van der Waals surface area contributed by atoms with Crippen LogP contribution in [0.15, 0.2) is 18.2 Å². The van der Waals surface area contributed by atoms with Crippen LogP contribution in [0.25, 0.3) is 0 Å². The highest BCUT2D eigenvalue weighted by Gasteiger charge is 2.34. The van der Waals surface area contributed by atoms with Crippen LogP contribution in [0, 0.1) is 11.7 Å². The van der Waals surface area contributed by atoms with Crippen LogP contribution in [-0.2, 0) is 9.47 Å². The molecule has 1 aromatic rings. The predicted octanol–water partition coefficient (Wildman–Crippen LogP) is 5.59. The summed E-state index contributed by atoms with van der Waals surface area (Å²) in [5.74, 6) is -0.444. The average Bonchev–Trinajstić information content (AvgIpc) is 2.57. The fraction of sp³-hybridized carbons (Fsp3) is 0.650. The maximum Gasteiger partial charge on any atom is 0.410 e.